The van der Waals surface area contributed by atoms with Crippen LogP contribution in [0.1, 0.15) is 12.0 Å². The molecule has 2 heterocycles. The summed E-state index contributed by atoms with van der Waals surface area (Å²) >= 11 is 0. The van der Waals surface area contributed by atoms with Crippen LogP contribution in [-0.2, 0) is 16.6 Å². The van der Waals surface area contributed by atoms with Crippen LogP contribution in [0.3, 0.4) is 0 Å². The number of anilines is 3. The second-order valence-electron chi connectivity index (χ2n) is 6.98. The molecule has 0 atom stereocenters. The van der Waals surface area contributed by atoms with Crippen LogP contribution in [0.15, 0.2) is 53.7 Å². The second kappa shape index (κ2) is 8.52. The molecular formula is C20H18F3N5O2S. The van der Waals surface area contributed by atoms with Crippen LogP contribution in [0, 0.1) is 17.5 Å². The normalized spacial score (nSPS) is 14.2. The van der Waals surface area contributed by atoms with Crippen molar-refractivity contribution in [2.24, 2.45) is 0 Å². The topological polar surface area (TPSA) is 87.2 Å². The number of hydrogen-bond donors (Lipinski definition) is 2. The third kappa shape index (κ3) is 4.62. The maximum absolute atomic E-state index is 14.6. The molecule has 0 bridgehead atoms. The Morgan fingerprint density at radius 1 is 0.968 bits per heavy atom. The van der Waals surface area contributed by atoms with Gasteiger partial charge in [0.05, 0.1) is 5.69 Å². The third-order valence-corrected chi connectivity index (χ3v) is 6.15. The van der Waals surface area contributed by atoms with Gasteiger partial charge in [-0.2, -0.15) is 0 Å². The fourth-order valence-electron chi connectivity index (χ4n) is 3.18. The SMILES string of the molecule is O=S(=O)(Nc1ncccn1)c1c(F)cc(Nc2c(F)cccc2CN2CCC2)cc1F. The summed E-state index contributed by atoms with van der Waals surface area (Å²) < 4.78 is 70.5. The van der Waals surface area contributed by atoms with Crippen molar-refractivity contribution < 1.29 is 21.6 Å². The Hall–Kier alpha value is -3.18. The van der Waals surface area contributed by atoms with Crippen molar-refractivity contribution in [2.45, 2.75) is 17.9 Å². The highest BCUT2D eigenvalue weighted by Gasteiger charge is 2.26. The molecule has 0 spiro atoms. The van der Waals surface area contributed by atoms with Gasteiger partial charge >= 0.3 is 0 Å². The van der Waals surface area contributed by atoms with Gasteiger partial charge in [-0.25, -0.2) is 36.3 Å². The molecule has 1 aromatic heterocycles. The molecule has 3 aromatic rings. The molecule has 7 nitrogen and oxygen atoms in total. The van der Waals surface area contributed by atoms with Crippen LogP contribution >= 0.6 is 0 Å². The number of hydrogen-bond acceptors (Lipinski definition) is 6. The van der Waals surface area contributed by atoms with Crippen LogP contribution in [0.25, 0.3) is 0 Å². The number of benzene rings is 2. The lowest BCUT2D eigenvalue weighted by Crippen LogP contribution is -2.36. The fraction of sp³-hybridized carbons (Fsp3) is 0.200. The first-order valence-corrected chi connectivity index (χ1v) is 10.9. The van der Waals surface area contributed by atoms with Crippen LogP contribution in [-0.4, -0.2) is 36.4 Å². The van der Waals surface area contributed by atoms with Crippen LogP contribution in [0.4, 0.5) is 30.5 Å². The predicted molar refractivity (Wildman–Crippen MR) is 109 cm³/mol. The molecule has 0 radical (unpaired) electrons. The summed E-state index contributed by atoms with van der Waals surface area (Å²) in [7, 11) is -4.63. The number of nitrogens with zero attached hydrogens (tertiary/aromatic N) is 3. The highest BCUT2D eigenvalue weighted by Crippen LogP contribution is 2.30. The molecule has 1 saturated heterocycles. The molecule has 2 N–H and O–H groups in total. The molecule has 2 aromatic carbocycles. The van der Waals surface area contributed by atoms with Gasteiger partial charge in [-0.15, -0.1) is 0 Å². The standard InChI is InChI=1S/C20H18F3N5O2S/c21-15-5-1-4-13(12-28-8-3-9-28)18(15)26-14-10-16(22)19(17(23)11-14)31(29,30)27-20-24-6-2-7-25-20/h1-2,4-7,10-11,26H,3,8-9,12H2,(H,24,25,27). The quantitative estimate of drug-likeness (QED) is 0.573. The number of sulfonamides is 1. The number of aromatic nitrogens is 2. The van der Waals surface area contributed by atoms with Crippen molar-refractivity contribution in [3.63, 3.8) is 0 Å². The van der Waals surface area contributed by atoms with E-state index in [-0.39, 0.29) is 17.3 Å². The molecule has 1 aliphatic heterocycles. The lowest BCUT2D eigenvalue weighted by molar-refractivity contribution is 0.173. The van der Waals surface area contributed by atoms with Crippen molar-refractivity contribution in [1.82, 2.24) is 14.9 Å². The Bertz CT molecular complexity index is 1180. The van der Waals surface area contributed by atoms with Gasteiger partial charge in [0.25, 0.3) is 10.0 Å². The first kappa shape index (κ1) is 21.1. The monoisotopic (exact) mass is 449 g/mol. The number of halogens is 3. The molecule has 1 aliphatic rings. The molecular weight excluding hydrogens is 431 g/mol. The number of likely N-dealkylation sites (tertiary alicyclic amines) is 1. The van der Waals surface area contributed by atoms with Crippen LogP contribution in [0.5, 0.6) is 0 Å². The van der Waals surface area contributed by atoms with Gasteiger partial charge < -0.3 is 5.32 Å². The van der Waals surface area contributed by atoms with Gasteiger partial charge in [0.2, 0.25) is 5.95 Å². The molecule has 162 valence electrons. The van der Waals surface area contributed by atoms with E-state index in [1.807, 2.05) is 4.72 Å². The highest BCUT2D eigenvalue weighted by atomic mass is 32.2. The Kier molecular flexibility index (Phi) is 5.79. The smallest absolute Gasteiger partial charge is 0.270 e. The van der Waals surface area contributed by atoms with Gasteiger partial charge in [0.1, 0.15) is 17.5 Å². The zero-order chi connectivity index (χ0) is 22.0. The first-order chi connectivity index (χ1) is 14.8. The van der Waals surface area contributed by atoms with Gasteiger partial charge in [-0.3, -0.25) is 4.90 Å². The molecule has 31 heavy (non-hydrogen) atoms. The lowest BCUT2D eigenvalue weighted by Gasteiger charge is -2.31. The van der Waals surface area contributed by atoms with E-state index in [4.69, 9.17) is 0 Å². The van der Waals surface area contributed by atoms with E-state index in [0.717, 1.165) is 31.6 Å². The molecule has 4 rings (SSSR count). The first-order valence-electron chi connectivity index (χ1n) is 9.39. The van der Waals surface area contributed by atoms with Gasteiger partial charge in [-0.05, 0) is 49.3 Å². The lowest BCUT2D eigenvalue weighted by atomic mass is 10.1. The van der Waals surface area contributed by atoms with E-state index in [1.54, 1.807) is 12.1 Å². The number of para-hydroxylation sites is 1. The summed E-state index contributed by atoms with van der Waals surface area (Å²) in [6, 6.07) is 7.56. The van der Waals surface area contributed by atoms with Crippen molar-refractivity contribution in [3.8, 4) is 0 Å². The summed E-state index contributed by atoms with van der Waals surface area (Å²) in [5.74, 6) is -3.60. The van der Waals surface area contributed by atoms with E-state index in [1.165, 1.54) is 24.5 Å². The predicted octanol–water partition coefficient (Wildman–Crippen LogP) is 3.64. The largest absolute Gasteiger partial charge is 0.353 e. The molecule has 0 amide bonds. The van der Waals surface area contributed by atoms with E-state index in [2.05, 4.69) is 20.2 Å². The van der Waals surface area contributed by atoms with E-state index in [0.29, 0.717) is 12.1 Å². The molecule has 0 aliphatic carbocycles. The van der Waals surface area contributed by atoms with E-state index < -0.39 is 32.4 Å². The number of rotatable bonds is 7. The van der Waals surface area contributed by atoms with E-state index in [9.17, 15) is 21.6 Å². The Morgan fingerprint density at radius 2 is 1.65 bits per heavy atom. The van der Waals surface area contributed by atoms with Gasteiger partial charge in [0, 0.05) is 24.6 Å². The van der Waals surface area contributed by atoms with Crippen LogP contribution in [0.2, 0.25) is 0 Å². The molecule has 1 fully saturated rings. The average molecular weight is 449 g/mol. The molecule has 0 unspecified atom stereocenters. The molecule has 11 heteroatoms. The van der Waals surface area contributed by atoms with Crippen molar-refractivity contribution in [2.75, 3.05) is 23.1 Å². The average Bonchev–Trinajstić information content (AvgIpc) is 2.66. The molecule has 0 saturated carbocycles. The minimum Gasteiger partial charge on any atom is -0.353 e. The van der Waals surface area contributed by atoms with E-state index >= 15 is 0 Å². The Labute approximate surface area is 177 Å². The summed E-state index contributed by atoms with van der Waals surface area (Å²) in [6.45, 7) is 2.27. The fourth-order valence-corrected chi connectivity index (χ4v) is 4.26. The van der Waals surface area contributed by atoms with Gasteiger partial charge in [0.15, 0.2) is 4.90 Å². The summed E-state index contributed by atoms with van der Waals surface area (Å²) in [5.41, 5.74) is 0.583. The Morgan fingerprint density at radius 3 is 2.26 bits per heavy atom. The zero-order valence-corrected chi connectivity index (χ0v) is 17.0. The minimum atomic E-state index is -4.63. The van der Waals surface area contributed by atoms with Crippen molar-refractivity contribution >= 4 is 27.3 Å². The Balaban J connectivity index is 1.62. The number of nitrogens with one attached hydrogen (secondary N) is 2. The minimum absolute atomic E-state index is 0.0830. The van der Waals surface area contributed by atoms with Crippen LogP contribution < -0.4 is 10.0 Å². The maximum atomic E-state index is 14.6. The zero-order valence-electron chi connectivity index (χ0n) is 16.1. The van der Waals surface area contributed by atoms with Crippen molar-refractivity contribution in [3.05, 3.63) is 71.8 Å². The summed E-state index contributed by atoms with van der Waals surface area (Å²) in [6.07, 6.45) is 3.61. The third-order valence-electron chi connectivity index (χ3n) is 4.77. The maximum Gasteiger partial charge on any atom is 0.270 e. The summed E-state index contributed by atoms with van der Waals surface area (Å²) in [4.78, 5) is 8.27. The van der Waals surface area contributed by atoms with Gasteiger partial charge in [-0.1, -0.05) is 12.1 Å². The van der Waals surface area contributed by atoms with Crippen molar-refractivity contribution in [1.29, 1.82) is 0 Å². The second-order valence-corrected chi connectivity index (χ2v) is 8.59. The summed E-state index contributed by atoms with van der Waals surface area (Å²) in [5, 5.41) is 2.68. The highest BCUT2D eigenvalue weighted by molar-refractivity contribution is 7.92.